The smallest absolute Gasteiger partial charge is 0.215 e. The van der Waals surface area contributed by atoms with E-state index in [-0.39, 0.29) is 6.04 Å². The molecule has 0 spiro atoms. The monoisotopic (exact) mass is 430 g/mol. The van der Waals surface area contributed by atoms with E-state index < -0.39 is 0 Å². The van der Waals surface area contributed by atoms with Crippen LogP contribution in [0.4, 0.5) is 5.82 Å². The number of nitrogens with zero attached hydrogens (tertiary/aromatic N) is 6. The van der Waals surface area contributed by atoms with Gasteiger partial charge < -0.3 is 19.8 Å². The zero-order valence-electron chi connectivity index (χ0n) is 17.7. The van der Waals surface area contributed by atoms with Crippen molar-refractivity contribution in [3.05, 3.63) is 60.9 Å². The maximum Gasteiger partial charge on any atom is 0.215 e. The van der Waals surface area contributed by atoms with Gasteiger partial charge in [-0.25, -0.2) is 19.9 Å². The number of ether oxygens (including phenoxy) is 2. The largest absolute Gasteiger partial charge is 0.475 e. The molecule has 0 saturated carbocycles. The number of benzene rings is 1. The molecular weight excluding hydrogens is 408 g/mol. The lowest BCUT2D eigenvalue weighted by Crippen LogP contribution is -2.14. The molecule has 5 rings (SSSR count). The Labute approximate surface area is 183 Å². The molecule has 10 nitrogen and oxygen atoms in total. The van der Waals surface area contributed by atoms with Gasteiger partial charge in [0.05, 0.1) is 19.0 Å². The van der Waals surface area contributed by atoms with E-state index in [2.05, 4.69) is 25.3 Å². The van der Waals surface area contributed by atoms with Crippen molar-refractivity contribution in [3.63, 3.8) is 0 Å². The summed E-state index contributed by atoms with van der Waals surface area (Å²) in [7, 11) is 1.64. The quantitative estimate of drug-likeness (QED) is 0.360. The van der Waals surface area contributed by atoms with Gasteiger partial charge in [0, 0.05) is 18.9 Å². The summed E-state index contributed by atoms with van der Waals surface area (Å²) in [6.45, 7) is 2.94. The summed E-state index contributed by atoms with van der Waals surface area (Å²) in [6, 6.07) is 13.5. The van der Waals surface area contributed by atoms with Gasteiger partial charge in [0.2, 0.25) is 5.88 Å². The topological polar surface area (TPSA) is 116 Å². The summed E-state index contributed by atoms with van der Waals surface area (Å²) in [5, 5.41) is 3.43. The van der Waals surface area contributed by atoms with Gasteiger partial charge in [-0.1, -0.05) is 18.2 Å². The highest BCUT2D eigenvalue weighted by atomic mass is 16.5. The van der Waals surface area contributed by atoms with Crippen molar-refractivity contribution in [3.8, 4) is 11.6 Å². The highest BCUT2D eigenvalue weighted by Crippen LogP contribution is 2.28. The molecule has 0 aliphatic carbocycles. The summed E-state index contributed by atoms with van der Waals surface area (Å²) in [6.07, 6.45) is 3.09. The third kappa shape index (κ3) is 3.71. The Morgan fingerprint density at radius 2 is 1.91 bits per heavy atom. The van der Waals surface area contributed by atoms with E-state index in [4.69, 9.17) is 19.4 Å². The van der Waals surface area contributed by atoms with Gasteiger partial charge in [0.25, 0.3) is 0 Å². The number of hydrogen-bond donors (Lipinski definition) is 2. The molecule has 1 aromatic carbocycles. The molecule has 4 heterocycles. The molecule has 0 saturated heterocycles. The number of aromatic nitrogens is 7. The number of aromatic amines is 1. The lowest BCUT2D eigenvalue weighted by molar-refractivity contribution is 0.144. The molecule has 10 heteroatoms. The van der Waals surface area contributed by atoms with Gasteiger partial charge in [-0.15, -0.1) is 0 Å². The van der Waals surface area contributed by atoms with Gasteiger partial charge in [-0.2, -0.15) is 4.98 Å². The molecule has 0 radical (unpaired) electrons. The number of para-hydroxylation sites is 1. The van der Waals surface area contributed by atoms with E-state index in [0.29, 0.717) is 36.2 Å². The molecule has 0 aliphatic rings. The molecule has 0 fully saturated rings. The van der Waals surface area contributed by atoms with E-state index in [1.807, 2.05) is 54.0 Å². The maximum absolute atomic E-state index is 5.73. The van der Waals surface area contributed by atoms with Gasteiger partial charge >= 0.3 is 0 Å². The van der Waals surface area contributed by atoms with E-state index in [1.54, 1.807) is 13.4 Å². The molecule has 5 aromatic rings. The second-order valence-corrected chi connectivity index (χ2v) is 7.16. The molecule has 0 aliphatic heterocycles. The lowest BCUT2D eigenvalue weighted by Gasteiger charge is -2.17. The van der Waals surface area contributed by atoms with Crippen LogP contribution in [0.2, 0.25) is 0 Å². The summed E-state index contributed by atoms with van der Waals surface area (Å²) < 4.78 is 12.8. The summed E-state index contributed by atoms with van der Waals surface area (Å²) in [4.78, 5) is 25.4. The first-order valence-electron chi connectivity index (χ1n) is 10.2. The van der Waals surface area contributed by atoms with Crippen molar-refractivity contribution < 1.29 is 9.47 Å². The highest BCUT2D eigenvalue weighted by molar-refractivity contribution is 5.82. The molecule has 32 heavy (non-hydrogen) atoms. The van der Waals surface area contributed by atoms with E-state index in [1.165, 1.54) is 6.33 Å². The Hall–Kier alpha value is -4.05. The first kappa shape index (κ1) is 19.9. The number of hydrogen-bond acceptors (Lipinski definition) is 8. The lowest BCUT2D eigenvalue weighted by atomic mass is 10.2. The molecule has 1 unspecified atom stereocenters. The first-order valence-corrected chi connectivity index (χ1v) is 10.2. The van der Waals surface area contributed by atoms with Crippen LogP contribution in [0, 0.1) is 0 Å². The fraction of sp³-hybridized carbons (Fsp3) is 0.227. The summed E-state index contributed by atoms with van der Waals surface area (Å²) in [5.74, 6) is 1.97. The van der Waals surface area contributed by atoms with Crippen molar-refractivity contribution >= 4 is 28.1 Å². The molecule has 2 N–H and O–H groups in total. The normalized spacial score (nSPS) is 12.3. The van der Waals surface area contributed by atoms with Crippen molar-refractivity contribution in [2.45, 2.75) is 13.0 Å². The molecule has 162 valence electrons. The average molecular weight is 430 g/mol. The maximum atomic E-state index is 5.73. The van der Waals surface area contributed by atoms with Crippen LogP contribution < -0.4 is 10.1 Å². The number of methoxy groups -OCH3 is 1. The van der Waals surface area contributed by atoms with Crippen molar-refractivity contribution in [1.82, 2.24) is 34.5 Å². The zero-order valence-corrected chi connectivity index (χ0v) is 17.7. The van der Waals surface area contributed by atoms with Crippen molar-refractivity contribution in [2.75, 3.05) is 25.6 Å². The fourth-order valence-electron chi connectivity index (χ4n) is 3.53. The van der Waals surface area contributed by atoms with Crippen molar-refractivity contribution in [1.29, 1.82) is 0 Å². The number of fused-ring (bicyclic) bond motifs is 2. The van der Waals surface area contributed by atoms with Gasteiger partial charge in [-0.3, -0.25) is 4.57 Å². The van der Waals surface area contributed by atoms with Crippen LogP contribution >= 0.6 is 0 Å². The Kier molecular flexibility index (Phi) is 5.34. The fourth-order valence-corrected chi connectivity index (χ4v) is 3.53. The van der Waals surface area contributed by atoms with Crippen LogP contribution in [-0.2, 0) is 4.74 Å². The van der Waals surface area contributed by atoms with Crippen LogP contribution in [-0.4, -0.2) is 54.8 Å². The number of H-pyrrole nitrogens is 1. The predicted octanol–water partition coefficient (Wildman–Crippen LogP) is 3.29. The highest BCUT2D eigenvalue weighted by Gasteiger charge is 2.21. The van der Waals surface area contributed by atoms with Crippen LogP contribution in [0.5, 0.6) is 5.88 Å². The van der Waals surface area contributed by atoms with Crippen LogP contribution in [0.25, 0.3) is 28.0 Å². The number of anilines is 1. The minimum absolute atomic E-state index is 0.191. The number of nitrogens with one attached hydrogen (secondary N) is 2. The first-order chi connectivity index (χ1) is 15.7. The Morgan fingerprint density at radius 1 is 1.03 bits per heavy atom. The SMILES string of the molecule is COCCOc1ccc2nc(C(C)Nc3ncnc4nc[nH]c34)n(-c3ccccc3)c2n1. The average Bonchev–Trinajstić information content (AvgIpc) is 3.45. The second kappa shape index (κ2) is 8.60. The Morgan fingerprint density at radius 3 is 2.75 bits per heavy atom. The molecule has 4 aromatic heterocycles. The number of imidazole rings is 2. The third-order valence-corrected chi connectivity index (χ3v) is 5.02. The molecule has 0 amide bonds. The van der Waals surface area contributed by atoms with Gasteiger partial charge in [-0.05, 0) is 25.1 Å². The number of rotatable bonds is 8. The second-order valence-electron chi connectivity index (χ2n) is 7.16. The van der Waals surface area contributed by atoms with E-state index in [0.717, 1.165) is 22.5 Å². The minimum atomic E-state index is -0.191. The molecular formula is C22H22N8O2. The van der Waals surface area contributed by atoms with E-state index >= 15 is 0 Å². The standard InChI is InChI=1S/C22H22N8O2/c1-14(27-20-18-19(24-12-23-18)25-13-26-20)21-28-16-8-9-17(32-11-10-31-2)29-22(16)30(21)15-6-4-3-5-7-15/h3-9,12-14H,10-11H2,1-2H3,(H2,23,24,25,26,27). The Balaban J connectivity index is 1.57. The summed E-state index contributed by atoms with van der Waals surface area (Å²) >= 11 is 0. The van der Waals surface area contributed by atoms with Crippen LogP contribution in [0.3, 0.4) is 0 Å². The van der Waals surface area contributed by atoms with Gasteiger partial charge in [0.15, 0.2) is 17.1 Å². The zero-order chi connectivity index (χ0) is 21.9. The number of pyridine rings is 1. The Bertz CT molecular complexity index is 1350. The van der Waals surface area contributed by atoms with Crippen LogP contribution in [0.1, 0.15) is 18.8 Å². The van der Waals surface area contributed by atoms with Crippen molar-refractivity contribution in [2.24, 2.45) is 0 Å². The van der Waals surface area contributed by atoms with E-state index in [9.17, 15) is 0 Å². The third-order valence-electron chi connectivity index (χ3n) is 5.02. The minimum Gasteiger partial charge on any atom is -0.475 e. The molecule has 1 atom stereocenters. The molecule has 0 bridgehead atoms. The summed E-state index contributed by atoms with van der Waals surface area (Å²) in [5.41, 5.74) is 3.78. The predicted molar refractivity (Wildman–Crippen MR) is 120 cm³/mol. The van der Waals surface area contributed by atoms with Gasteiger partial charge in [0.1, 0.15) is 29.8 Å². The van der Waals surface area contributed by atoms with Crippen LogP contribution in [0.15, 0.2) is 55.1 Å².